The van der Waals surface area contributed by atoms with Crippen molar-refractivity contribution in [3.05, 3.63) is 60.0 Å². The summed E-state index contributed by atoms with van der Waals surface area (Å²) in [7, 11) is -2.63. The minimum atomic E-state index is -4.76. The third-order valence-corrected chi connectivity index (χ3v) is 5.50. The molecule has 3 aromatic rings. The summed E-state index contributed by atoms with van der Waals surface area (Å²) in [5.74, 6) is 0.600. The van der Waals surface area contributed by atoms with Crippen molar-refractivity contribution < 1.29 is 21.6 Å². The van der Waals surface area contributed by atoms with Crippen LogP contribution in [0.25, 0.3) is 5.82 Å². The largest absolute Gasteiger partial charge is 0.417 e. The van der Waals surface area contributed by atoms with Crippen LogP contribution >= 0.6 is 0 Å². The molecule has 132 valence electrons. The van der Waals surface area contributed by atoms with Crippen molar-refractivity contribution in [2.75, 3.05) is 0 Å². The predicted octanol–water partition coefficient (Wildman–Crippen LogP) is 3.37. The van der Waals surface area contributed by atoms with Crippen LogP contribution in [-0.4, -0.2) is 22.8 Å². The molecular formula is C16H14F3N3O2S. The Bertz CT molecular complexity index is 1030. The first kappa shape index (κ1) is 17.3. The molecule has 2 aromatic heterocycles. The Hall–Kier alpha value is -2.55. The molecule has 0 N–H and O–H groups in total. The number of hydrogen-bond acceptors (Lipinski definition) is 3. The number of alkyl halides is 3. The molecule has 0 spiro atoms. The molecular weight excluding hydrogens is 355 g/mol. The van der Waals surface area contributed by atoms with Gasteiger partial charge in [0, 0.05) is 25.5 Å². The zero-order valence-electron chi connectivity index (χ0n) is 13.3. The van der Waals surface area contributed by atoms with Crippen LogP contribution in [0.1, 0.15) is 11.3 Å². The highest BCUT2D eigenvalue weighted by atomic mass is 32.2. The van der Waals surface area contributed by atoms with Crippen LogP contribution in [0.4, 0.5) is 13.2 Å². The molecule has 2 heterocycles. The Morgan fingerprint density at radius 2 is 1.80 bits per heavy atom. The van der Waals surface area contributed by atoms with Gasteiger partial charge in [0.2, 0.25) is 9.84 Å². The Labute approximate surface area is 142 Å². The van der Waals surface area contributed by atoms with Gasteiger partial charge in [0.05, 0.1) is 21.0 Å². The van der Waals surface area contributed by atoms with Gasteiger partial charge >= 0.3 is 6.18 Å². The Balaban J connectivity index is 2.10. The first-order valence-electron chi connectivity index (χ1n) is 7.21. The van der Waals surface area contributed by atoms with E-state index in [1.54, 1.807) is 24.7 Å². The number of halogens is 3. The Morgan fingerprint density at radius 3 is 2.40 bits per heavy atom. The monoisotopic (exact) mass is 369 g/mol. The summed E-state index contributed by atoms with van der Waals surface area (Å²) >= 11 is 0. The molecule has 5 nitrogen and oxygen atoms in total. The Morgan fingerprint density at radius 1 is 1.12 bits per heavy atom. The van der Waals surface area contributed by atoms with Crippen LogP contribution in [-0.2, 0) is 23.1 Å². The second kappa shape index (κ2) is 5.76. The van der Waals surface area contributed by atoms with Crippen LogP contribution < -0.4 is 0 Å². The van der Waals surface area contributed by atoms with Crippen molar-refractivity contribution >= 4 is 9.84 Å². The van der Waals surface area contributed by atoms with Gasteiger partial charge in [-0.1, -0.05) is 12.1 Å². The summed E-state index contributed by atoms with van der Waals surface area (Å²) in [6, 6.07) is 7.15. The van der Waals surface area contributed by atoms with Gasteiger partial charge < -0.3 is 4.57 Å². The van der Waals surface area contributed by atoms with E-state index < -0.39 is 26.5 Å². The SMILES string of the molecule is Cc1cc(-n2ccc(S(=O)(=O)c3ccccc3C(F)(F)F)c2)n(C)n1. The first-order valence-corrected chi connectivity index (χ1v) is 8.69. The molecule has 0 radical (unpaired) electrons. The summed E-state index contributed by atoms with van der Waals surface area (Å²) in [5.41, 5.74) is -0.447. The van der Waals surface area contributed by atoms with E-state index in [-0.39, 0.29) is 4.90 Å². The molecule has 0 aliphatic rings. The lowest BCUT2D eigenvalue weighted by Gasteiger charge is -2.12. The topological polar surface area (TPSA) is 56.9 Å². The third-order valence-electron chi connectivity index (χ3n) is 3.70. The van der Waals surface area contributed by atoms with Crippen LogP contribution in [0.5, 0.6) is 0 Å². The number of aryl methyl sites for hydroxylation is 2. The van der Waals surface area contributed by atoms with E-state index in [0.717, 1.165) is 23.9 Å². The highest BCUT2D eigenvalue weighted by Gasteiger charge is 2.37. The van der Waals surface area contributed by atoms with E-state index in [4.69, 9.17) is 0 Å². The molecule has 25 heavy (non-hydrogen) atoms. The second-order valence-corrected chi connectivity index (χ2v) is 7.44. The molecule has 0 bridgehead atoms. The fraction of sp³-hybridized carbons (Fsp3) is 0.188. The van der Waals surface area contributed by atoms with Crippen molar-refractivity contribution in [1.82, 2.24) is 14.3 Å². The number of hydrogen-bond donors (Lipinski definition) is 0. The van der Waals surface area contributed by atoms with Crippen LogP contribution in [0.3, 0.4) is 0 Å². The Kier molecular flexibility index (Phi) is 3.98. The van der Waals surface area contributed by atoms with E-state index in [0.29, 0.717) is 5.82 Å². The van der Waals surface area contributed by atoms with E-state index in [1.165, 1.54) is 29.1 Å². The van der Waals surface area contributed by atoms with Crippen LogP contribution in [0, 0.1) is 6.92 Å². The maximum atomic E-state index is 13.1. The third kappa shape index (κ3) is 3.07. The lowest BCUT2D eigenvalue weighted by atomic mass is 10.2. The summed E-state index contributed by atoms with van der Waals surface area (Å²) in [4.78, 5) is -0.982. The molecule has 0 saturated carbocycles. The number of benzene rings is 1. The second-order valence-electron chi connectivity index (χ2n) is 5.52. The standard InChI is InChI=1S/C16H14F3N3O2S/c1-11-9-15(21(2)20-11)22-8-7-12(10-22)25(23,24)14-6-4-3-5-13(14)16(17,18)19/h3-10H,1-2H3. The smallest absolute Gasteiger partial charge is 0.308 e. The number of rotatable bonds is 3. The van der Waals surface area contributed by atoms with Crippen LogP contribution in [0.2, 0.25) is 0 Å². The van der Waals surface area contributed by atoms with Gasteiger partial charge in [0.1, 0.15) is 5.82 Å². The van der Waals surface area contributed by atoms with Gasteiger partial charge in [-0.3, -0.25) is 4.68 Å². The lowest BCUT2D eigenvalue weighted by molar-refractivity contribution is -0.139. The maximum Gasteiger partial charge on any atom is 0.417 e. The fourth-order valence-corrected chi connectivity index (χ4v) is 4.06. The molecule has 0 saturated heterocycles. The number of sulfone groups is 1. The van der Waals surface area contributed by atoms with Crippen molar-refractivity contribution in [1.29, 1.82) is 0 Å². The van der Waals surface area contributed by atoms with E-state index >= 15 is 0 Å². The molecule has 3 rings (SSSR count). The summed E-state index contributed by atoms with van der Waals surface area (Å²) < 4.78 is 67.9. The summed E-state index contributed by atoms with van der Waals surface area (Å²) in [6.45, 7) is 1.78. The van der Waals surface area contributed by atoms with Crippen LogP contribution in [0.15, 0.2) is 58.6 Å². The molecule has 0 aliphatic carbocycles. The normalized spacial score (nSPS) is 12.5. The zero-order valence-corrected chi connectivity index (χ0v) is 14.1. The van der Waals surface area contributed by atoms with Crippen molar-refractivity contribution in [2.45, 2.75) is 22.9 Å². The van der Waals surface area contributed by atoms with E-state index in [2.05, 4.69) is 5.10 Å². The minimum absolute atomic E-state index is 0.219. The molecule has 1 aromatic carbocycles. The molecule has 0 unspecified atom stereocenters. The molecule has 0 aliphatic heterocycles. The minimum Gasteiger partial charge on any atom is -0.308 e. The number of nitrogens with zero attached hydrogens (tertiary/aromatic N) is 3. The average molecular weight is 369 g/mol. The van der Waals surface area contributed by atoms with Gasteiger partial charge in [-0.15, -0.1) is 0 Å². The van der Waals surface area contributed by atoms with Gasteiger partial charge in [0.25, 0.3) is 0 Å². The molecule has 0 amide bonds. The summed E-state index contributed by atoms with van der Waals surface area (Å²) in [5, 5.41) is 4.16. The van der Waals surface area contributed by atoms with Gasteiger partial charge in [-0.05, 0) is 25.1 Å². The maximum absolute atomic E-state index is 13.1. The van der Waals surface area contributed by atoms with Crippen molar-refractivity contribution in [3.63, 3.8) is 0 Å². The quantitative estimate of drug-likeness (QED) is 0.711. The van der Waals surface area contributed by atoms with Crippen molar-refractivity contribution in [2.24, 2.45) is 7.05 Å². The van der Waals surface area contributed by atoms with E-state index in [1.807, 2.05) is 0 Å². The highest BCUT2D eigenvalue weighted by molar-refractivity contribution is 7.91. The van der Waals surface area contributed by atoms with Gasteiger partial charge in [-0.2, -0.15) is 18.3 Å². The van der Waals surface area contributed by atoms with Gasteiger partial charge in [-0.25, -0.2) is 8.42 Å². The number of aromatic nitrogens is 3. The van der Waals surface area contributed by atoms with Gasteiger partial charge in [0.15, 0.2) is 0 Å². The molecule has 0 fully saturated rings. The first-order chi connectivity index (χ1) is 11.6. The molecule has 9 heteroatoms. The lowest BCUT2D eigenvalue weighted by Crippen LogP contribution is -2.13. The summed E-state index contributed by atoms with van der Waals surface area (Å²) in [6.07, 6.45) is -2.01. The van der Waals surface area contributed by atoms with Crippen molar-refractivity contribution in [3.8, 4) is 5.82 Å². The highest BCUT2D eigenvalue weighted by Crippen LogP contribution is 2.36. The fourth-order valence-electron chi connectivity index (χ4n) is 2.58. The zero-order chi connectivity index (χ0) is 18.4. The average Bonchev–Trinajstić information content (AvgIpc) is 3.13. The predicted molar refractivity (Wildman–Crippen MR) is 84.2 cm³/mol. The molecule has 0 atom stereocenters. The van der Waals surface area contributed by atoms with E-state index in [9.17, 15) is 21.6 Å².